The molecule has 1 aliphatic carbocycles. The van der Waals surface area contributed by atoms with Gasteiger partial charge in [0.2, 0.25) is 0 Å². The molecule has 1 aromatic heterocycles. The van der Waals surface area contributed by atoms with Gasteiger partial charge < -0.3 is 0 Å². The highest BCUT2D eigenvalue weighted by Gasteiger charge is 2.31. The van der Waals surface area contributed by atoms with Gasteiger partial charge in [0.1, 0.15) is 6.54 Å². The van der Waals surface area contributed by atoms with E-state index in [4.69, 9.17) is 5.26 Å². The molecule has 1 aliphatic rings. The molecule has 4 heteroatoms. The van der Waals surface area contributed by atoms with Crippen molar-refractivity contribution in [3.05, 3.63) is 11.4 Å². The molecule has 0 amide bonds. The monoisotopic (exact) mass is 218 g/mol. The van der Waals surface area contributed by atoms with Crippen LogP contribution in [0.4, 0.5) is 0 Å². The Bertz CT molecular complexity index is 419. The summed E-state index contributed by atoms with van der Waals surface area (Å²) >= 11 is 0. The largest absolute Gasteiger partial charge is 0.235 e. The van der Waals surface area contributed by atoms with Crippen LogP contribution in [0.15, 0.2) is 0 Å². The zero-order valence-electron chi connectivity index (χ0n) is 10.2. The number of fused-ring (bicyclic) bond motifs is 1. The Morgan fingerprint density at radius 3 is 2.88 bits per heavy atom. The zero-order chi connectivity index (χ0) is 11.8. The molecule has 1 unspecified atom stereocenters. The Morgan fingerprint density at radius 1 is 1.50 bits per heavy atom. The molecule has 0 saturated heterocycles. The van der Waals surface area contributed by atoms with Crippen LogP contribution in [0.5, 0.6) is 0 Å². The van der Waals surface area contributed by atoms with Gasteiger partial charge in [-0.3, -0.25) is 0 Å². The number of nitriles is 1. The lowest BCUT2D eigenvalue weighted by Gasteiger charge is -2.33. The SMILES string of the molecule is CC(C)(C)C1CCc2c(nnn2CC#N)C1. The van der Waals surface area contributed by atoms with Gasteiger partial charge in [-0.2, -0.15) is 5.26 Å². The topological polar surface area (TPSA) is 54.5 Å². The van der Waals surface area contributed by atoms with E-state index in [1.807, 2.05) is 0 Å². The second-order valence-corrected chi connectivity index (χ2v) is 5.60. The Kier molecular flexibility index (Phi) is 2.71. The van der Waals surface area contributed by atoms with Crippen LogP contribution in [-0.4, -0.2) is 15.0 Å². The van der Waals surface area contributed by atoms with E-state index in [0.717, 1.165) is 18.5 Å². The molecular weight excluding hydrogens is 200 g/mol. The second-order valence-electron chi connectivity index (χ2n) is 5.60. The number of rotatable bonds is 1. The first-order valence-corrected chi connectivity index (χ1v) is 5.80. The lowest BCUT2D eigenvalue weighted by atomic mass is 9.73. The Labute approximate surface area is 96.3 Å². The molecule has 1 heterocycles. The Morgan fingerprint density at radius 2 is 2.25 bits per heavy atom. The Hall–Kier alpha value is -1.37. The average molecular weight is 218 g/mol. The van der Waals surface area contributed by atoms with Crippen LogP contribution in [-0.2, 0) is 19.4 Å². The van der Waals surface area contributed by atoms with Gasteiger partial charge in [-0.05, 0) is 30.6 Å². The van der Waals surface area contributed by atoms with E-state index in [9.17, 15) is 0 Å². The van der Waals surface area contributed by atoms with Crippen molar-refractivity contribution in [3.63, 3.8) is 0 Å². The van der Waals surface area contributed by atoms with Gasteiger partial charge in [-0.1, -0.05) is 26.0 Å². The predicted octanol–water partition coefficient (Wildman–Crippen LogP) is 1.95. The maximum absolute atomic E-state index is 8.68. The Balaban J connectivity index is 2.21. The molecule has 16 heavy (non-hydrogen) atoms. The van der Waals surface area contributed by atoms with E-state index >= 15 is 0 Å². The minimum Gasteiger partial charge on any atom is -0.235 e. The summed E-state index contributed by atoms with van der Waals surface area (Å²) in [6.07, 6.45) is 3.19. The highest BCUT2D eigenvalue weighted by molar-refractivity contribution is 5.16. The van der Waals surface area contributed by atoms with Gasteiger partial charge in [0.05, 0.1) is 17.5 Å². The van der Waals surface area contributed by atoms with Crippen LogP contribution in [0.1, 0.15) is 38.6 Å². The lowest BCUT2D eigenvalue weighted by Crippen LogP contribution is -2.27. The first-order valence-electron chi connectivity index (χ1n) is 5.80. The maximum Gasteiger partial charge on any atom is 0.130 e. The predicted molar refractivity (Wildman–Crippen MR) is 60.6 cm³/mol. The van der Waals surface area contributed by atoms with Gasteiger partial charge in [0, 0.05) is 0 Å². The summed E-state index contributed by atoms with van der Waals surface area (Å²) < 4.78 is 1.74. The fourth-order valence-electron chi connectivity index (χ4n) is 2.38. The van der Waals surface area contributed by atoms with Crippen molar-refractivity contribution >= 4 is 0 Å². The third-order valence-corrected chi connectivity index (χ3v) is 3.53. The van der Waals surface area contributed by atoms with Crippen LogP contribution in [0.2, 0.25) is 0 Å². The molecule has 0 N–H and O–H groups in total. The van der Waals surface area contributed by atoms with Crippen molar-refractivity contribution in [3.8, 4) is 6.07 Å². The molecular formula is C12H18N4. The van der Waals surface area contributed by atoms with Crippen molar-refractivity contribution in [1.29, 1.82) is 5.26 Å². The van der Waals surface area contributed by atoms with Crippen molar-refractivity contribution in [1.82, 2.24) is 15.0 Å². The summed E-state index contributed by atoms with van der Waals surface area (Å²) in [5.41, 5.74) is 2.60. The van der Waals surface area contributed by atoms with Gasteiger partial charge in [-0.15, -0.1) is 5.10 Å². The van der Waals surface area contributed by atoms with Crippen LogP contribution in [0.25, 0.3) is 0 Å². The van der Waals surface area contributed by atoms with E-state index in [1.165, 1.54) is 12.1 Å². The molecule has 1 aromatic rings. The van der Waals surface area contributed by atoms with E-state index in [-0.39, 0.29) is 0 Å². The minimum absolute atomic E-state index is 0.322. The van der Waals surface area contributed by atoms with Gasteiger partial charge in [0.15, 0.2) is 0 Å². The molecule has 0 aromatic carbocycles. The van der Waals surface area contributed by atoms with E-state index < -0.39 is 0 Å². The molecule has 2 rings (SSSR count). The maximum atomic E-state index is 8.68. The fraction of sp³-hybridized carbons (Fsp3) is 0.750. The average Bonchev–Trinajstić information content (AvgIpc) is 2.60. The summed E-state index contributed by atoms with van der Waals surface area (Å²) in [6, 6.07) is 2.12. The standard InChI is InChI=1S/C12H18N4/c1-12(2,3)9-4-5-11-10(8-9)14-15-16(11)7-6-13/h9H,4-5,7-8H2,1-3H3. The molecule has 4 nitrogen and oxygen atoms in total. The highest BCUT2D eigenvalue weighted by atomic mass is 15.4. The summed E-state index contributed by atoms with van der Waals surface area (Å²) in [5, 5.41) is 16.9. The number of hydrogen-bond acceptors (Lipinski definition) is 3. The van der Waals surface area contributed by atoms with E-state index in [2.05, 4.69) is 37.2 Å². The van der Waals surface area contributed by atoms with Gasteiger partial charge in [0.25, 0.3) is 0 Å². The smallest absolute Gasteiger partial charge is 0.130 e. The third kappa shape index (κ3) is 1.95. The van der Waals surface area contributed by atoms with Crippen molar-refractivity contribution in [2.45, 2.75) is 46.6 Å². The molecule has 0 fully saturated rings. The minimum atomic E-state index is 0.322. The lowest BCUT2D eigenvalue weighted by molar-refractivity contribution is 0.213. The van der Waals surface area contributed by atoms with E-state index in [0.29, 0.717) is 17.9 Å². The first kappa shape index (κ1) is 11.1. The highest BCUT2D eigenvalue weighted by Crippen LogP contribution is 2.36. The van der Waals surface area contributed by atoms with Crippen LogP contribution >= 0.6 is 0 Å². The molecule has 0 bridgehead atoms. The first-order chi connectivity index (χ1) is 7.52. The van der Waals surface area contributed by atoms with E-state index in [1.54, 1.807) is 4.68 Å². The quantitative estimate of drug-likeness (QED) is 0.724. The summed E-state index contributed by atoms with van der Waals surface area (Å²) in [5.74, 6) is 0.673. The van der Waals surface area contributed by atoms with Crippen molar-refractivity contribution in [2.24, 2.45) is 11.3 Å². The molecule has 0 radical (unpaired) electrons. The number of hydrogen-bond donors (Lipinski definition) is 0. The molecule has 1 atom stereocenters. The van der Waals surface area contributed by atoms with Crippen molar-refractivity contribution in [2.75, 3.05) is 0 Å². The summed E-state index contributed by atoms with van der Waals surface area (Å²) in [4.78, 5) is 0. The number of nitrogens with zero attached hydrogens (tertiary/aromatic N) is 4. The zero-order valence-corrected chi connectivity index (χ0v) is 10.2. The molecule has 0 saturated carbocycles. The van der Waals surface area contributed by atoms with Crippen LogP contribution in [0, 0.1) is 22.7 Å². The summed E-state index contributed by atoms with van der Waals surface area (Å²) in [7, 11) is 0. The van der Waals surface area contributed by atoms with Gasteiger partial charge in [-0.25, -0.2) is 4.68 Å². The van der Waals surface area contributed by atoms with Crippen LogP contribution < -0.4 is 0 Å². The molecule has 86 valence electrons. The molecule has 0 aliphatic heterocycles. The third-order valence-electron chi connectivity index (χ3n) is 3.53. The van der Waals surface area contributed by atoms with Crippen molar-refractivity contribution < 1.29 is 0 Å². The summed E-state index contributed by atoms with van der Waals surface area (Å²) in [6.45, 7) is 7.16. The van der Waals surface area contributed by atoms with Gasteiger partial charge >= 0.3 is 0 Å². The second kappa shape index (κ2) is 3.89. The molecule has 0 spiro atoms. The fourth-order valence-corrected chi connectivity index (χ4v) is 2.38. The van der Waals surface area contributed by atoms with Crippen LogP contribution in [0.3, 0.4) is 0 Å². The normalized spacial score (nSPS) is 20.2. The number of aromatic nitrogens is 3.